The minimum absolute atomic E-state index is 0.235. The minimum atomic E-state index is -1.46. The number of amides is 1. The monoisotopic (exact) mass is 252 g/mol. The number of carboxylic acid groups (broad SMARTS) is 2. The van der Waals surface area contributed by atoms with Crippen LogP contribution in [-0.4, -0.2) is 39.1 Å². The van der Waals surface area contributed by atoms with Gasteiger partial charge in [0.05, 0.1) is 6.42 Å². The number of pyridine rings is 1. The van der Waals surface area contributed by atoms with Crippen molar-refractivity contribution in [3.8, 4) is 0 Å². The standard InChI is InChI=1S/C11H12N2O5/c1-6-4-7(2-3-12-6)10(16)13-8(11(17)18)5-9(14)15/h2-4,8H,5H2,1H3,(H,13,16)(H,14,15)(H,17,18). The number of carboxylic acids is 2. The van der Waals surface area contributed by atoms with Crippen molar-refractivity contribution in [2.24, 2.45) is 0 Å². The van der Waals surface area contributed by atoms with Gasteiger partial charge in [0.15, 0.2) is 0 Å². The summed E-state index contributed by atoms with van der Waals surface area (Å²) in [5, 5.41) is 19.5. The van der Waals surface area contributed by atoms with Gasteiger partial charge in [0.25, 0.3) is 5.91 Å². The summed E-state index contributed by atoms with van der Waals surface area (Å²) < 4.78 is 0. The molecular formula is C11H12N2O5. The number of aromatic nitrogens is 1. The Balaban J connectivity index is 2.78. The first-order valence-electron chi connectivity index (χ1n) is 5.08. The number of hydrogen-bond donors (Lipinski definition) is 3. The SMILES string of the molecule is Cc1cc(C(=O)NC(CC(=O)O)C(=O)O)ccn1. The van der Waals surface area contributed by atoms with Gasteiger partial charge in [-0.05, 0) is 19.1 Å². The Hall–Kier alpha value is -2.44. The van der Waals surface area contributed by atoms with E-state index in [-0.39, 0.29) is 5.56 Å². The Labute approximate surface area is 102 Å². The molecule has 0 spiro atoms. The molecular weight excluding hydrogens is 240 g/mol. The van der Waals surface area contributed by atoms with Crippen LogP contribution >= 0.6 is 0 Å². The van der Waals surface area contributed by atoms with E-state index >= 15 is 0 Å². The highest BCUT2D eigenvalue weighted by Crippen LogP contribution is 2.02. The second-order valence-electron chi connectivity index (χ2n) is 3.65. The van der Waals surface area contributed by atoms with Crippen molar-refractivity contribution in [2.75, 3.05) is 0 Å². The molecule has 1 amide bonds. The Morgan fingerprint density at radius 1 is 1.39 bits per heavy atom. The van der Waals surface area contributed by atoms with E-state index < -0.39 is 30.3 Å². The highest BCUT2D eigenvalue weighted by atomic mass is 16.4. The number of carbonyl (C=O) groups is 3. The second kappa shape index (κ2) is 5.76. The average molecular weight is 252 g/mol. The van der Waals surface area contributed by atoms with Gasteiger partial charge in [-0.1, -0.05) is 0 Å². The third-order valence-corrected chi connectivity index (χ3v) is 2.14. The number of rotatable bonds is 5. The number of aliphatic carboxylic acids is 2. The fraction of sp³-hybridized carbons (Fsp3) is 0.273. The highest BCUT2D eigenvalue weighted by Gasteiger charge is 2.23. The molecule has 3 N–H and O–H groups in total. The van der Waals surface area contributed by atoms with Crippen LogP contribution in [0, 0.1) is 6.92 Å². The molecule has 0 aliphatic heterocycles. The molecule has 0 saturated heterocycles. The molecule has 1 rings (SSSR count). The van der Waals surface area contributed by atoms with E-state index in [2.05, 4.69) is 10.3 Å². The minimum Gasteiger partial charge on any atom is -0.481 e. The molecule has 18 heavy (non-hydrogen) atoms. The van der Waals surface area contributed by atoms with Crippen LogP contribution in [0.5, 0.6) is 0 Å². The van der Waals surface area contributed by atoms with E-state index in [9.17, 15) is 14.4 Å². The molecule has 1 aromatic heterocycles. The summed E-state index contributed by atoms with van der Waals surface area (Å²) in [5.41, 5.74) is 0.840. The Morgan fingerprint density at radius 3 is 2.56 bits per heavy atom. The topological polar surface area (TPSA) is 117 Å². The fourth-order valence-corrected chi connectivity index (χ4v) is 1.30. The molecule has 0 aliphatic carbocycles. The molecule has 0 bridgehead atoms. The van der Waals surface area contributed by atoms with Crippen LogP contribution in [0.4, 0.5) is 0 Å². The summed E-state index contributed by atoms with van der Waals surface area (Å²) in [6.07, 6.45) is 0.738. The zero-order chi connectivity index (χ0) is 13.7. The lowest BCUT2D eigenvalue weighted by molar-refractivity contribution is -0.145. The average Bonchev–Trinajstić information content (AvgIpc) is 2.27. The van der Waals surface area contributed by atoms with Crippen LogP contribution in [0.3, 0.4) is 0 Å². The van der Waals surface area contributed by atoms with Crippen molar-refractivity contribution >= 4 is 17.8 Å². The van der Waals surface area contributed by atoms with E-state index in [0.717, 1.165) is 0 Å². The van der Waals surface area contributed by atoms with Crippen molar-refractivity contribution < 1.29 is 24.6 Å². The molecule has 0 aromatic carbocycles. The first kappa shape index (κ1) is 13.6. The van der Waals surface area contributed by atoms with Gasteiger partial charge < -0.3 is 15.5 Å². The van der Waals surface area contributed by atoms with E-state index in [1.165, 1.54) is 18.3 Å². The van der Waals surface area contributed by atoms with Crippen molar-refractivity contribution in [2.45, 2.75) is 19.4 Å². The second-order valence-corrected chi connectivity index (χ2v) is 3.65. The molecule has 1 heterocycles. The molecule has 1 unspecified atom stereocenters. The highest BCUT2D eigenvalue weighted by molar-refractivity contribution is 5.97. The number of aryl methyl sites for hydroxylation is 1. The molecule has 96 valence electrons. The quantitative estimate of drug-likeness (QED) is 0.681. The van der Waals surface area contributed by atoms with Gasteiger partial charge in [-0.15, -0.1) is 0 Å². The number of carbonyl (C=O) groups excluding carboxylic acids is 1. The van der Waals surface area contributed by atoms with Crippen LogP contribution in [-0.2, 0) is 9.59 Å². The van der Waals surface area contributed by atoms with Gasteiger partial charge in [-0.3, -0.25) is 14.6 Å². The lowest BCUT2D eigenvalue weighted by Gasteiger charge is -2.12. The Morgan fingerprint density at radius 2 is 2.06 bits per heavy atom. The van der Waals surface area contributed by atoms with Crippen LogP contribution in [0.25, 0.3) is 0 Å². The van der Waals surface area contributed by atoms with Crippen molar-refractivity contribution in [1.82, 2.24) is 10.3 Å². The number of nitrogens with one attached hydrogen (secondary N) is 1. The van der Waals surface area contributed by atoms with E-state index in [0.29, 0.717) is 5.69 Å². The zero-order valence-corrected chi connectivity index (χ0v) is 9.58. The van der Waals surface area contributed by atoms with Gasteiger partial charge >= 0.3 is 11.9 Å². The maximum absolute atomic E-state index is 11.7. The van der Waals surface area contributed by atoms with E-state index in [1.54, 1.807) is 6.92 Å². The van der Waals surface area contributed by atoms with Crippen LogP contribution in [0.15, 0.2) is 18.3 Å². The molecule has 7 nitrogen and oxygen atoms in total. The maximum Gasteiger partial charge on any atom is 0.326 e. The molecule has 0 radical (unpaired) electrons. The maximum atomic E-state index is 11.7. The summed E-state index contributed by atoms with van der Waals surface area (Å²) in [5.74, 6) is -3.33. The predicted octanol–water partition coefficient (Wildman–Crippen LogP) is 0.0477. The Bertz CT molecular complexity index is 486. The lowest BCUT2D eigenvalue weighted by Crippen LogP contribution is -2.42. The van der Waals surface area contributed by atoms with Gasteiger partial charge in [-0.2, -0.15) is 0 Å². The molecule has 0 saturated carbocycles. The van der Waals surface area contributed by atoms with Crippen LogP contribution in [0.1, 0.15) is 22.5 Å². The van der Waals surface area contributed by atoms with Crippen molar-refractivity contribution in [1.29, 1.82) is 0 Å². The molecule has 1 atom stereocenters. The van der Waals surface area contributed by atoms with E-state index in [1.807, 2.05) is 0 Å². The summed E-state index contributed by atoms with van der Waals surface area (Å²) in [6, 6.07) is 1.44. The summed E-state index contributed by atoms with van der Waals surface area (Å²) in [4.78, 5) is 36.8. The van der Waals surface area contributed by atoms with Gasteiger partial charge in [0, 0.05) is 17.5 Å². The smallest absolute Gasteiger partial charge is 0.326 e. The third-order valence-electron chi connectivity index (χ3n) is 2.14. The normalized spacial score (nSPS) is 11.6. The van der Waals surface area contributed by atoms with Gasteiger partial charge in [0.2, 0.25) is 0 Å². The summed E-state index contributed by atoms with van der Waals surface area (Å²) in [7, 11) is 0. The van der Waals surface area contributed by atoms with Crippen molar-refractivity contribution in [3.05, 3.63) is 29.6 Å². The largest absolute Gasteiger partial charge is 0.481 e. The number of nitrogens with zero attached hydrogens (tertiary/aromatic N) is 1. The Kier molecular flexibility index (Phi) is 4.36. The van der Waals surface area contributed by atoms with Crippen LogP contribution < -0.4 is 5.32 Å². The lowest BCUT2D eigenvalue weighted by atomic mass is 10.1. The first-order valence-corrected chi connectivity index (χ1v) is 5.08. The third kappa shape index (κ3) is 3.85. The van der Waals surface area contributed by atoms with Gasteiger partial charge in [-0.25, -0.2) is 4.79 Å². The van der Waals surface area contributed by atoms with Crippen LogP contribution in [0.2, 0.25) is 0 Å². The molecule has 0 aliphatic rings. The van der Waals surface area contributed by atoms with E-state index in [4.69, 9.17) is 10.2 Å². The number of hydrogen-bond acceptors (Lipinski definition) is 4. The fourth-order valence-electron chi connectivity index (χ4n) is 1.30. The zero-order valence-electron chi connectivity index (χ0n) is 9.58. The molecule has 1 aromatic rings. The summed E-state index contributed by atoms with van der Waals surface area (Å²) >= 11 is 0. The molecule has 7 heteroatoms. The molecule has 0 fully saturated rings. The summed E-state index contributed by atoms with van der Waals surface area (Å²) in [6.45, 7) is 1.68. The first-order chi connectivity index (χ1) is 8.40. The van der Waals surface area contributed by atoms with Gasteiger partial charge in [0.1, 0.15) is 6.04 Å². The van der Waals surface area contributed by atoms with Crippen molar-refractivity contribution in [3.63, 3.8) is 0 Å². The predicted molar refractivity (Wildman–Crippen MR) is 60.1 cm³/mol.